The lowest BCUT2D eigenvalue weighted by atomic mass is 10.0. The SMILES string of the molecule is CCCCc1ccc(-c2ccc(C#Cc3ccc(OCC)c(F)c3F)cc2)cc1. The number of ether oxygens (including phenoxy) is 1. The van der Waals surface area contributed by atoms with E-state index >= 15 is 0 Å². The molecule has 0 aliphatic carbocycles. The molecule has 0 aliphatic rings. The van der Waals surface area contributed by atoms with Crippen molar-refractivity contribution in [1.29, 1.82) is 0 Å². The zero-order chi connectivity index (χ0) is 20.6. The summed E-state index contributed by atoms with van der Waals surface area (Å²) in [5, 5.41) is 0. The number of hydrogen-bond acceptors (Lipinski definition) is 1. The second-order valence-electron chi connectivity index (χ2n) is 6.80. The molecule has 0 aromatic heterocycles. The lowest BCUT2D eigenvalue weighted by Crippen LogP contribution is -1.98. The van der Waals surface area contributed by atoms with Crippen molar-refractivity contribution in [2.75, 3.05) is 6.61 Å². The molecule has 0 radical (unpaired) electrons. The third kappa shape index (κ3) is 5.23. The van der Waals surface area contributed by atoms with Crippen LogP contribution in [0.4, 0.5) is 8.78 Å². The fourth-order valence-electron chi connectivity index (χ4n) is 3.03. The van der Waals surface area contributed by atoms with Crippen molar-refractivity contribution in [2.24, 2.45) is 0 Å². The number of rotatable bonds is 6. The summed E-state index contributed by atoms with van der Waals surface area (Å²) in [7, 11) is 0. The van der Waals surface area contributed by atoms with E-state index in [1.54, 1.807) is 6.92 Å². The third-order valence-electron chi connectivity index (χ3n) is 4.68. The zero-order valence-corrected chi connectivity index (χ0v) is 16.8. The quantitative estimate of drug-likeness (QED) is 0.422. The molecule has 148 valence electrons. The second kappa shape index (κ2) is 9.89. The van der Waals surface area contributed by atoms with Gasteiger partial charge in [-0.25, -0.2) is 4.39 Å². The highest BCUT2D eigenvalue weighted by Gasteiger charge is 2.12. The summed E-state index contributed by atoms with van der Waals surface area (Å²) < 4.78 is 33.1. The average molecular weight is 390 g/mol. The van der Waals surface area contributed by atoms with E-state index in [4.69, 9.17) is 4.74 Å². The van der Waals surface area contributed by atoms with Crippen molar-refractivity contribution in [2.45, 2.75) is 33.1 Å². The predicted octanol–water partition coefficient (Wildman–Crippen LogP) is 6.77. The summed E-state index contributed by atoms with van der Waals surface area (Å²) in [5.41, 5.74) is 4.34. The molecule has 0 saturated carbocycles. The molecule has 29 heavy (non-hydrogen) atoms. The molecule has 0 unspecified atom stereocenters. The van der Waals surface area contributed by atoms with Gasteiger partial charge in [-0.05, 0) is 60.7 Å². The maximum absolute atomic E-state index is 14.1. The Morgan fingerprint density at radius 3 is 2.03 bits per heavy atom. The molecule has 0 amide bonds. The Morgan fingerprint density at radius 2 is 1.41 bits per heavy atom. The van der Waals surface area contributed by atoms with E-state index in [9.17, 15) is 8.78 Å². The highest BCUT2D eigenvalue weighted by atomic mass is 19.2. The smallest absolute Gasteiger partial charge is 0.201 e. The molecule has 3 rings (SSSR count). The van der Waals surface area contributed by atoms with Gasteiger partial charge in [-0.1, -0.05) is 61.6 Å². The van der Waals surface area contributed by atoms with Gasteiger partial charge in [-0.15, -0.1) is 0 Å². The van der Waals surface area contributed by atoms with Crippen LogP contribution >= 0.6 is 0 Å². The summed E-state index contributed by atoms with van der Waals surface area (Å²) in [6, 6.07) is 19.2. The van der Waals surface area contributed by atoms with Gasteiger partial charge in [-0.2, -0.15) is 4.39 Å². The van der Waals surface area contributed by atoms with Gasteiger partial charge in [0.05, 0.1) is 12.2 Å². The van der Waals surface area contributed by atoms with Crippen molar-refractivity contribution in [3.63, 3.8) is 0 Å². The fraction of sp³-hybridized carbons (Fsp3) is 0.231. The maximum Gasteiger partial charge on any atom is 0.201 e. The van der Waals surface area contributed by atoms with Gasteiger partial charge < -0.3 is 4.74 Å². The number of aryl methyl sites for hydroxylation is 1. The molecule has 1 nitrogen and oxygen atoms in total. The van der Waals surface area contributed by atoms with Gasteiger partial charge >= 0.3 is 0 Å². The normalized spacial score (nSPS) is 10.3. The van der Waals surface area contributed by atoms with Gasteiger partial charge in [0.25, 0.3) is 0 Å². The van der Waals surface area contributed by atoms with Crippen molar-refractivity contribution in [3.05, 3.63) is 89.0 Å². The first-order chi connectivity index (χ1) is 14.1. The summed E-state index contributed by atoms with van der Waals surface area (Å²) in [6.07, 6.45) is 3.50. The third-order valence-corrected chi connectivity index (χ3v) is 4.68. The van der Waals surface area contributed by atoms with Gasteiger partial charge in [0.15, 0.2) is 11.6 Å². The van der Waals surface area contributed by atoms with Crippen LogP contribution in [-0.4, -0.2) is 6.61 Å². The van der Waals surface area contributed by atoms with Crippen LogP contribution in [0.5, 0.6) is 5.75 Å². The number of hydrogen-bond donors (Lipinski definition) is 0. The average Bonchev–Trinajstić information content (AvgIpc) is 2.76. The van der Waals surface area contributed by atoms with Crippen molar-refractivity contribution in [1.82, 2.24) is 0 Å². The van der Waals surface area contributed by atoms with Crippen LogP contribution in [-0.2, 0) is 6.42 Å². The van der Waals surface area contributed by atoms with Crippen molar-refractivity contribution in [3.8, 4) is 28.7 Å². The van der Waals surface area contributed by atoms with Gasteiger partial charge in [0.2, 0.25) is 5.82 Å². The molecule has 0 heterocycles. The summed E-state index contributed by atoms with van der Waals surface area (Å²) in [5.74, 6) is 3.52. The van der Waals surface area contributed by atoms with Crippen molar-refractivity contribution >= 4 is 0 Å². The highest BCUT2D eigenvalue weighted by molar-refractivity contribution is 5.64. The Kier molecular flexibility index (Phi) is 7.03. The van der Waals surface area contributed by atoms with Gasteiger partial charge in [0, 0.05) is 5.56 Å². The first-order valence-corrected chi connectivity index (χ1v) is 9.94. The number of benzene rings is 3. The topological polar surface area (TPSA) is 9.23 Å². The van der Waals surface area contributed by atoms with E-state index < -0.39 is 11.6 Å². The lowest BCUT2D eigenvalue weighted by Gasteiger charge is -2.05. The van der Waals surface area contributed by atoms with Crippen LogP contribution in [0.15, 0.2) is 60.7 Å². The molecule has 0 N–H and O–H groups in total. The van der Waals surface area contributed by atoms with Crippen LogP contribution in [0.25, 0.3) is 11.1 Å². The molecule has 0 spiro atoms. The summed E-state index contributed by atoms with van der Waals surface area (Å²) in [4.78, 5) is 0. The van der Waals surface area contributed by atoms with Crippen LogP contribution in [0.1, 0.15) is 43.4 Å². The van der Waals surface area contributed by atoms with E-state index in [1.165, 1.54) is 30.5 Å². The van der Waals surface area contributed by atoms with Gasteiger partial charge in [-0.3, -0.25) is 0 Å². The van der Waals surface area contributed by atoms with Crippen LogP contribution < -0.4 is 4.74 Å². The van der Waals surface area contributed by atoms with E-state index in [-0.39, 0.29) is 17.9 Å². The standard InChI is InChI=1S/C26H24F2O/c1-3-5-6-19-7-12-21(13-8-19)22-14-9-20(10-15-22)11-16-23-17-18-24(29-4-2)26(28)25(23)27/h7-10,12-15,17-18H,3-6H2,1-2H3. The zero-order valence-electron chi connectivity index (χ0n) is 16.8. The molecule has 0 atom stereocenters. The maximum atomic E-state index is 14.1. The first-order valence-electron chi connectivity index (χ1n) is 9.94. The Labute approximate surface area is 171 Å². The molecule has 0 saturated heterocycles. The van der Waals surface area contributed by atoms with Crippen molar-refractivity contribution < 1.29 is 13.5 Å². The molecular weight excluding hydrogens is 366 g/mol. The van der Waals surface area contributed by atoms with Crippen LogP contribution in [0, 0.1) is 23.5 Å². The Balaban J connectivity index is 1.74. The van der Waals surface area contributed by atoms with Crippen LogP contribution in [0.3, 0.4) is 0 Å². The second-order valence-corrected chi connectivity index (χ2v) is 6.80. The highest BCUT2D eigenvalue weighted by Crippen LogP contribution is 2.23. The van der Waals surface area contributed by atoms with E-state index in [1.807, 2.05) is 24.3 Å². The largest absolute Gasteiger partial charge is 0.491 e. The number of unbranched alkanes of at least 4 members (excludes halogenated alkanes) is 1. The molecule has 3 aromatic rings. The van der Waals surface area contributed by atoms with E-state index in [0.29, 0.717) is 0 Å². The Bertz CT molecular complexity index is 1010. The van der Waals surface area contributed by atoms with Crippen LogP contribution in [0.2, 0.25) is 0 Å². The summed E-state index contributed by atoms with van der Waals surface area (Å²) in [6.45, 7) is 4.18. The predicted molar refractivity (Wildman–Crippen MR) is 114 cm³/mol. The number of halogens is 2. The molecule has 0 aliphatic heterocycles. The van der Waals surface area contributed by atoms with Gasteiger partial charge in [0.1, 0.15) is 0 Å². The molecule has 0 bridgehead atoms. The first kappa shape index (κ1) is 20.6. The van der Waals surface area contributed by atoms with E-state index in [0.717, 1.165) is 23.1 Å². The molecule has 3 heteroatoms. The fourth-order valence-corrected chi connectivity index (χ4v) is 3.03. The minimum Gasteiger partial charge on any atom is -0.491 e. The lowest BCUT2D eigenvalue weighted by molar-refractivity contribution is 0.314. The van der Waals surface area contributed by atoms with E-state index in [2.05, 4.69) is 43.0 Å². The summed E-state index contributed by atoms with van der Waals surface area (Å²) >= 11 is 0. The molecule has 0 fully saturated rings. The molecule has 3 aromatic carbocycles. The minimum absolute atomic E-state index is 0.0118. The Morgan fingerprint density at radius 1 is 0.759 bits per heavy atom. The minimum atomic E-state index is -1.00. The molecular formula is C26H24F2O. The monoisotopic (exact) mass is 390 g/mol. The Hall–Kier alpha value is -3.12.